The van der Waals surface area contributed by atoms with Crippen molar-refractivity contribution < 1.29 is 19.4 Å². The van der Waals surface area contributed by atoms with Crippen LogP contribution in [0.5, 0.6) is 5.75 Å². The van der Waals surface area contributed by atoms with Crippen molar-refractivity contribution in [1.29, 1.82) is 0 Å². The van der Waals surface area contributed by atoms with Gasteiger partial charge in [0, 0.05) is 30.3 Å². The van der Waals surface area contributed by atoms with Crippen LogP contribution in [-0.2, 0) is 16.1 Å². The fourth-order valence-electron chi connectivity index (χ4n) is 2.82. The number of hydrogen-bond donors (Lipinski definition) is 1. The van der Waals surface area contributed by atoms with E-state index in [0.29, 0.717) is 18.2 Å². The summed E-state index contributed by atoms with van der Waals surface area (Å²) in [7, 11) is 1.38. The monoisotopic (exact) mass is 408 g/mol. The number of carbonyl (C=O) groups excluding carboxylic acids is 1. The molecule has 1 aromatic carbocycles. The first-order valence-electron chi connectivity index (χ1n) is 9.72. The zero-order valence-electron chi connectivity index (χ0n) is 17.1. The van der Waals surface area contributed by atoms with E-state index in [9.17, 15) is 14.4 Å². The van der Waals surface area contributed by atoms with E-state index in [1.165, 1.54) is 26.0 Å². The Labute approximate surface area is 174 Å². The van der Waals surface area contributed by atoms with Gasteiger partial charge in [0.15, 0.2) is 6.61 Å². The minimum absolute atomic E-state index is 0.242. The maximum absolute atomic E-state index is 12.5. The van der Waals surface area contributed by atoms with E-state index in [0.717, 1.165) is 16.0 Å². The fraction of sp³-hybridized carbons (Fsp3) is 0.348. The Balaban J connectivity index is 1.63. The molecular weight excluding hydrogens is 384 g/mol. The number of carboxylic acid groups (broad SMARTS) is 1. The Kier molecular flexibility index (Phi) is 6.58. The maximum atomic E-state index is 12.5. The van der Waals surface area contributed by atoms with Crippen molar-refractivity contribution in [3.63, 3.8) is 0 Å². The van der Waals surface area contributed by atoms with E-state index >= 15 is 0 Å². The predicted octanol–water partition coefficient (Wildman–Crippen LogP) is 1.89. The van der Waals surface area contributed by atoms with Gasteiger partial charge in [-0.05, 0) is 43.5 Å². The predicted molar refractivity (Wildman–Crippen MR) is 111 cm³/mol. The van der Waals surface area contributed by atoms with Crippen LogP contribution in [0.2, 0.25) is 0 Å². The summed E-state index contributed by atoms with van der Waals surface area (Å²) in [5, 5.41) is 8.72. The zero-order valence-corrected chi connectivity index (χ0v) is 17.1. The molecule has 1 aromatic heterocycles. The number of aliphatic carboxylic acids is 1. The van der Waals surface area contributed by atoms with Gasteiger partial charge in [0.25, 0.3) is 11.5 Å². The Morgan fingerprint density at radius 1 is 1.23 bits per heavy atom. The molecule has 30 heavy (non-hydrogen) atoms. The number of nitrogens with zero attached hydrogens (tertiary/aromatic N) is 2. The number of pyridine rings is 1. The molecule has 3 rings (SSSR count). The number of aromatic nitrogens is 1. The Morgan fingerprint density at radius 2 is 1.93 bits per heavy atom. The number of hydrogen-bond acceptors (Lipinski definition) is 4. The molecule has 0 spiro atoms. The lowest BCUT2D eigenvalue weighted by Gasteiger charge is -2.16. The Morgan fingerprint density at radius 3 is 2.53 bits per heavy atom. The van der Waals surface area contributed by atoms with Crippen molar-refractivity contribution in [2.75, 3.05) is 20.2 Å². The van der Waals surface area contributed by atoms with Gasteiger partial charge in [-0.15, -0.1) is 0 Å². The summed E-state index contributed by atoms with van der Waals surface area (Å²) >= 11 is 0. The number of ether oxygens (including phenoxy) is 1. The number of benzene rings is 1. The van der Waals surface area contributed by atoms with Crippen LogP contribution in [0.15, 0.2) is 41.2 Å². The van der Waals surface area contributed by atoms with Gasteiger partial charge in [0.05, 0.1) is 6.54 Å². The van der Waals surface area contributed by atoms with E-state index in [2.05, 4.69) is 11.8 Å². The summed E-state index contributed by atoms with van der Waals surface area (Å²) in [6, 6.07) is 10.9. The molecule has 0 saturated heterocycles. The van der Waals surface area contributed by atoms with Crippen LogP contribution in [0.1, 0.15) is 29.7 Å². The highest BCUT2D eigenvalue weighted by Gasteiger charge is 2.17. The first kappa shape index (κ1) is 21.2. The average Bonchev–Trinajstić information content (AvgIpc) is 3.52. The molecule has 0 aliphatic heterocycles. The highest BCUT2D eigenvalue weighted by molar-refractivity contribution is 5.82. The lowest BCUT2D eigenvalue weighted by molar-refractivity contribution is -0.144. The number of aryl methyl sites for hydroxylation is 1. The third-order valence-corrected chi connectivity index (χ3v) is 4.76. The largest absolute Gasteiger partial charge is 0.484 e. The summed E-state index contributed by atoms with van der Waals surface area (Å²) in [4.78, 5) is 36.1. The smallest absolute Gasteiger partial charge is 0.323 e. The number of rotatable bonds is 7. The van der Waals surface area contributed by atoms with Gasteiger partial charge in [-0.3, -0.25) is 14.4 Å². The van der Waals surface area contributed by atoms with Crippen molar-refractivity contribution in [3.8, 4) is 17.6 Å². The Bertz CT molecular complexity index is 1060. The van der Waals surface area contributed by atoms with E-state index < -0.39 is 18.4 Å². The minimum atomic E-state index is -1.10. The SMILES string of the molecule is Cc1cc(OCC(=O)N(C)CC(=O)O)cc(=O)n1Cc1ccc(C#CC2CC2)cc1. The van der Waals surface area contributed by atoms with Gasteiger partial charge >= 0.3 is 5.97 Å². The van der Waals surface area contributed by atoms with Crippen molar-refractivity contribution >= 4 is 11.9 Å². The number of carbonyl (C=O) groups is 2. The van der Waals surface area contributed by atoms with E-state index in [-0.39, 0.29) is 17.9 Å². The van der Waals surface area contributed by atoms with Crippen molar-refractivity contribution in [2.45, 2.75) is 26.3 Å². The van der Waals surface area contributed by atoms with Crippen molar-refractivity contribution in [1.82, 2.24) is 9.47 Å². The Hall–Kier alpha value is -3.53. The molecule has 2 aromatic rings. The third-order valence-electron chi connectivity index (χ3n) is 4.76. The molecule has 7 nitrogen and oxygen atoms in total. The van der Waals surface area contributed by atoms with E-state index in [1.807, 2.05) is 24.3 Å². The molecule has 1 aliphatic carbocycles. The van der Waals surface area contributed by atoms with Gasteiger partial charge < -0.3 is 19.3 Å². The number of carboxylic acids is 1. The first-order valence-corrected chi connectivity index (χ1v) is 9.72. The number of amides is 1. The summed E-state index contributed by atoms with van der Waals surface area (Å²) < 4.78 is 7.01. The van der Waals surface area contributed by atoms with Gasteiger partial charge in [-0.2, -0.15) is 0 Å². The molecule has 1 heterocycles. The molecule has 1 amide bonds. The summed E-state index contributed by atoms with van der Waals surface area (Å²) in [6.07, 6.45) is 2.39. The van der Waals surface area contributed by atoms with Crippen molar-refractivity contribution in [2.24, 2.45) is 5.92 Å². The third kappa shape index (κ3) is 5.98. The molecular formula is C23H24N2O5. The van der Waals surface area contributed by atoms with Crippen LogP contribution >= 0.6 is 0 Å². The van der Waals surface area contributed by atoms with Crippen LogP contribution in [0.3, 0.4) is 0 Å². The van der Waals surface area contributed by atoms with Gasteiger partial charge in [0.2, 0.25) is 0 Å². The molecule has 0 radical (unpaired) electrons. The second-order valence-corrected chi connectivity index (χ2v) is 7.43. The first-order chi connectivity index (χ1) is 14.3. The second-order valence-electron chi connectivity index (χ2n) is 7.43. The van der Waals surface area contributed by atoms with Crippen molar-refractivity contribution in [3.05, 3.63) is 63.6 Å². The van der Waals surface area contributed by atoms with Crippen LogP contribution in [0.4, 0.5) is 0 Å². The molecule has 1 aliphatic rings. The molecule has 1 saturated carbocycles. The summed E-state index contributed by atoms with van der Waals surface area (Å²) in [5.41, 5.74) is 2.41. The van der Waals surface area contributed by atoms with Crippen LogP contribution in [-0.4, -0.2) is 46.6 Å². The molecule has 156 valence electrons. The van der Waals surface area contributed by atoms with Crippen LogP contribution < -0.4 is 10.3 Å². The topological polar surface area (TPSA) is 88.8 Å². The standard InChI is InChI=1S/C23H24N2O5/c1-16-11-20(30-15-22(27)24(2)14-23(28)29)12-21(26)25(16)13-19-9-7-18(8-10-19)6-5-17-3-4-17/h7-12,17H,3-4,13-15H2,1-2H3,(H,28,29). The van der Waals surface area contributed by atoms with Crippen LogP contribution in [0.25, 0.3) is 0 Å². The van der Waals surface area contributed by atoms with Crippen LogP contribution in [0, 0.1) is 24.7 Å². The minimum Gasteiger partial charge on any atom is -0.484 e. The lowest BCUT2D eigenvalue weighted by atomic mass is 10.1. The quantitative estimate of drug-likeness (QED) is 0.707. The maximum Gasteiger partial charge on any atom is 0.323 e. The number of likely N-dealkylation sites (N-methyl/N-ethyl adjacent to an activating group) is 1. The second kappa shape index (κ2) is 9.31. The van der Waals surface area contributed by atoms with Gasteiger partial charge in [-0.1, -0.05) is 24.0 Å². The highest BCUT2D eigenvalue weighted by Crippen LogP contribution is 2.27. The molecule has 1 fully saturated rings. The van der Waals surface area contributed by atoms with E-state index in [1.54, 1.807) is 17.6 Å². The van der Waals surface area contributed by atoms with Gasteiger partial charge in [-0.25, -0.2) is 0 Å². The lowest BCUT2D eigenvalue weighted by Crippen LogP contribution is -2.35. The normalized spacial score (nSPS) is 12.6. The van der Waals surface area contributed by atoms with E-state index in [4.69, 9.17) is 9.84 Å². The fourth-order valence-corrected chi connectivity index (χ4v) is 2.82. The molecule has 0 bridgehead atoms. The average molecular weight is 408 g/mol. The zero-order chi connectivity index (χ0) is 21.7. The molecule has 0 atom stereocenters. The molecule has 0 unspecified atom stereocenters. The summed E-state index contributed by atoms with van der Waals surface area (Å²) in [5.74, 6) is 5.64. The molecule has 1 N–H and O–H groups in total. The summed E-state index contributed by atoms with van der Waals surface area (Å²) in [6.45, 7) is 1.47. The highest BCUT2D eigenvalue weighted by atomic mass is 16.5. The van der Waals surface area contributed by atoms with Gasteiger partial charge in [0.1, 0.15) is 12.3 Å². The molecule has 7 heteroatoms.